The molecule has 1 aliphatic heterocycles. The molecule has 1 fully saturated rings. The SMILES string of the molecule is N/C(CCc1ccccc1)=N\OCC(=O)Nc1cccc(N2CCCC2=O)c1. The second-order valence-electron chi connectivity index (χ2n) is 6.59. The number of carbonyl (C=O) groups excluding carboxylic acids is 2. The van der Waals surface area contributed by atoms with Gasteiger partial charge in [0.05, 0.1) is 0 Å². The first-order chi connectivity index (χ1) is 13.6. The number of oxime groups is 1. The smallest absolute Gasteiger partial charge is 0.265 e. The van der Waals surface area contributed by atoms with Gasteiger partial charge in [0.1, 0.15) is 5.84 Å². The zero-order valence-electron chi connectivity index (χ0n) is 15.6. The number of amides is 2. The van der Waals surface area contributed by atoms with Crippen LogP contribution in [0.15, 0.2) is 59.8 Å². The van der Waals surface area contributed by atoms with Gasteiger partial charge in [-0.15, -0.1) is 0 Å². The van der Waals surface area contributed by atoms with E-state index in [0.717, 1.165) is 24.1 Å². The van der Waals surface area contributed by atoms with E-state index in [1.807, 2.05) is 36.4 Å². The summed E-state index contributed by atoms with van der Waals surface area (Å²) >= 11 is 0. The van der Waals surface area contributed by atoms with Crippen molar-refractivity contribution in [1.82, 2.24) is 0 Å². The number of hydrogen-bond acceptors (Lipinski definition) is 4. The van der Waals surface area contributed by atoms with Gasteiger partial charge < -0.3 is 20.8 Å². The highest BCUT2D eigenvalue weighted by atomic mass is 16.6. The Kier molecular flexibility index (Phi) is 6.62. The number of aryl methyl sites for hydroxylation is 1. The highest BCUT2D eigenvalue weighted by Crippen LogP contribution is 2.24. The van der Waals surface area contributed by atoms with E-state index in [9.17, 15) is 9.59 Å². The highest BCUT2D eigenvalue weighted by molar-refractivity contribution is 5.97. The Balaban J connectivity index is 1.44. The molecule has 0 aliphatic carbocycles. The van der Waals surface area contributed by atoms with Gasteiger partial charge in [-0.3, -0.25) is 9.59 Å². The van der Waals surface area contributed by atoms with Gasteiger partial charge in [-0.2, -0.15) is 0 Å². The van der Waals surface area contributed by atoms with Crippen LogP contribution >= 0.6 is 0 Å². The number of amidine groups is 1. The predicted molar refractivity (Wildman–Crippen MR) is 109 cm³/mol. The lowest BCUT2D eigenvalue weighted by atomic mass is 10.1. The summed E-state index contributed by atoms with van der Waals surface area (Å²) < 4.78 is 0. The maximum Gasteiger partial charge on any atom is 0.265 e. The maximum absolute atomic E-state index is 12.0. The first-order valence-electron chi connectivity index (χ1n) is 9.30. The minimum atomic E-state index is -0.343. The van der Waals surface area contributed by atoms with Gasteiger partial charge in [0, 0.05) is 30.8 Å². The zero-order chi connectivity index (χ0) is 19.8. The number of rotatable bonds is 8. The van der Waals surface area contributed by atoms with Crippen LogP contribution in [0, 0.1) is 0 Å². The number of nitrogens with one attached hydrogen (secondary N) is 1. The van der Waals surface area contributed by atoms with E-state index in [2.05, 4.69) is 10.5 Å². The molecular weight excluding hydrogens is 356 g/mol. The molecular formula is C21H24N4O3. The van der Waals surface area contributed by atoms with Crippen LogP contribution in [0.1, 0.15) is 24.8 Å². The van der Waals surface area contributed by atoms with E-state index in [4.69, 9.17) is 10.6 Å². The monoisotopic (exact) mass is 380 g/mol. The molecule has 1 saturated heterocycles. The topological polar surface area (TPSA) is 97.0 Å². The standard InChI is InChI=1S/C21H24N4O3/c22-19(12-11-16-6-2-1-3-7-16)24-28-15-20(26)23-17-8-4-9-18(14-17)25-13-5-10-21(25)27/h1-4,6-9,14H,5,10-13,15H2,(H2,22,24)(H,23,26). The number of carbonyl (C=O) groups is 2. The van der Waals surface area contributed by atoms with Gasteiger partial charge in [0.15, 0.2) is 6.61 Å². The van der Waals surface area contributed by atoms with Crippen LogP contribution in [0.2, 0.25) is 0 Å². The molecule has 0 radical (unpaired) electrons. The molecule has 1 aliphatic rings. The van der Waals surface area contributed by atoms with Crippen LogP contribution in [0.5, 0.6) is 0 Å². The third kappa shape index (κ3) is 5.57. The van der Waals surface area contributed by atoms with E-state index in [1.54, 1.807) is 23.1 Å². The van der Waals surface area contributed by atoms with Gasteiger partial charge in [-0.05, 0) is 36.6 Å². The molecule has 146 valence electrons. The Bertz CT molecular complexity index is 852. The lowest BCUT2D eigenvalue weighted by Crippen LogP contribution is -2.24. The van der Waals surface area contributed by atoms with Crippen LogP contribution in [-0.4, -0.2) is 30.8 Å². The van der Waals surface area contributed by atoms with Crippen LogP contribution in [0.3, 0.4) is 0 Å². The van der Waals surface area contributed by atoms with Crippen molar-refractivity contribution in [3.8, 4) is 0 Å². The van der Waals surface area contributed by atoms with Crippen LogP contribution < -0.4 is 16.0 Å². The van der Waals surface area contributed by atoms with E-state index in [-0.39, 0.29) is 18.4 Å². The molecule has 0 unspecified atom stereocenters. The second kappa shape index (κ2) is 9.55. The lowest BCUT2D eigenvalue weighted by Gasteiger charge is -2.16. The van der Waals surface area contributed by atoms with Crippen LogP contribution in [0.4, 0.5) is 11.4 Å². The Morgan fingerprint density at radius 3 is 2.75 bits per heavy atom. The molecule has 2 aromatic rings. The fourth-order valence-electron chi connectivity index (χ4n) is 3.01. The molecule has 7 nitrogen and oxygen atoms in total. The van der Waals surface area contributed by atoms with E-state index >= 15 is 0 Å². The van der Waals surface area contributed by atoms with Crippen LogP contribution in [-0.2, 0) is 20.8 Å². The van der Waals surface area contributed by atoms with E-state index in [0.29, 0.717) is 30.9 Å². The van der Waals surface area contributed by atoms with Crippen molar-refractivity contribution in [3.63, 3.8) is 0 Å². The maximum atomic E-state index is 12.0. The van der Waals surface area contributed by atoms with Gasteiger partial charge in [-0.1, -0.05) is 41.6 Å². The average molecular weight is 380 g/mol. The molecule has 3 N–H and O–H groups in total. The number of nitrogens with zero attached hydrogens (tertiary/aromatic N) is 2. The normalized spacial score (nSPS) is 14.2. The molecule has 0 aromatic heterocycles. The fourth-order valence-corrected chi connectivity index (χ4v) is 3.01. The molecule has 7 heteroatoms. The summed E-state index contributed by atoms with van der Waals surface area (Å²) in [5, 5.41) is 6.53. The summed E-state index contributed by atoms with van der Waals surface area (Å²) in [4.78, 5) is 30.7. The fraction of sp³-hybridized carbons (Fsp3) is 0.286. The summed E-state index contributed by atoms with van der Waals surface area (Å²) in [6, 6.07) is 17.1. The summed E-state index contributed by atoms with van der Waals surface area (Å²) in [5.74, 6) is 0.0998. The minimum Gasteiger partial charge on any atom is -0.384 e. The Morgan fingerprint density at radius 1 is 1.18 bits per heavy atom. The molecule has 0 saturated carbocycles. The molecule has 2 aromatic carbocycles. The summed E-state index contributed by atoms with van der Waals surface area (Å²) in [5.41, 5.74) is 8.37. The molecule has 1 heterocycles. The van der Waals surface area contributed by atoms with E-state index in [1.165, 1.54) is 0 Å². The summed E-state index contributed by atoms with van der Waals surface area (Å²) in [6.07, 6.45) is 2.73. The molecule has 0 atom stereocenters. The number of hydrogen-bond donors (Lipinski definition) is 2. The van der Waals surface area contributed by atoms with Crippen LogP contribution in [0.25, 0.3) is 0 Å². The summed E-state index contributed by atoms with van der Waals surface area (Å²) in [6.45, 7) is 0.467. The Labute approximate surface area is 164 Å². The van der Waals surface area contributed by atoms with Crippen molar-refractivity contribution >= 4 is 29.0 Å². The first kappa shape index (κ1) is 19.4. The van der Waals surface area contributed by atoms with Crippen molar-refractivity contribution in [1.29, 1.82) is 0 Å². The molecule has 0 bridgehead atoms. The lowest BCUT2D eigenvalue weighted by molar-refractivity contribution is -0.120. The van der Waals surface area contributed by atoms with Crippen molar-refractivity contribution in [2.45, 2.75) is 25.7 Å². The molecule has 0 spiro atoms. The molecule has 2 amide bonds. The third-order valence-electron chi connectivity index (χ3n) is 4.41. The highest BCUT2D eigenvalue weighted by Gasteiger charge is 2.21. The summed E-state index contributed by atoms with van der Waals surface area (Å²) in [7, 11) is 0. The predicted octanol–water partition coefficient (Wildman–Crippen LogP) is 2.67. The first-order valence-corrected chi connectivity index (χ1v) is 9.30. The van der Waals surface area contributed by atoms with Gasteiger partial charge >= 0.3 is 0 Å². The van der Waals surface area contributed by atoms with Crippen molar-refractivity contribution < 1.29 is 14.4 Å². The number of benzene rings is 2. The van der Waals surface area contributed by atoms with Gasteiger partial charge in [0.2, 0.25) is 5.91 Å². The second-order valence-corrected chi connectivity index (χ2v) is 6.59. The third-order valence-corrected chi connectivity index (χ3v) is 4.41. The minimum absolute atomic E-state index is 0.104. The van der Waals surface area contributed by atoms with Gasteiger partial charge in [-0.25, -0.2) is 0 Å². The van der Waals surface area contributed by atoms with Crippen molar-refractivity contribution in [3.05, 3.63) is 60.2 Å². The Hall–Kier alpha value is -3.35. The Morgan fingerprint density at radius 2 is 2.00 bits per heavy atom. The zero-order valence-corrected chi connectivity index (χ0v) is 15.6. The number of anilines is 2. The largest absolute Gasteiger partial charge is 0.384 e. The quantitative estimate of drug-likeness (QED) is 0.418. The molecule has 28 heavy (non-hydrogen) atoms. The van der Waals surface area contributed by atoms with Gasteiger partial charge in [0.25, 0.3) is 5.91 Å². The average Bonchev–Trinajstić information content (AvgIpc) is 3.13. The van der Waals surface area contributed by atoms with E-state index < -0.39 is 0 Å². The molecule has 3 rings (SSSR count). The van der Waals surface area contributed by atoms with Crippen molar-refractivity contribution in [2.75, 3.05) is 23.4 Å². The number of nitrogens with two attached hydrogens (primary N) is 1. The van der Waals surface area contributed by atoms with Crippen molar-refractivity contribution in [2.24, 2.45) is 10.9 Å².